The van der Waals surface area contributed by atoms with Crippen LogP contribution in [0.4, 0.5) is 4.79 Å². The van der Waals surface area contributed by atoms with Gasteiger partial charge >= 0.3 is 12.1 Å². The number of carboxylic acids is 1. The molecule has 0 aromatic carbocycles. The summed E-state index contributed by atoms with van der Waals surface area (Å²) >= 11 is 0. The molecule has 0 aromatic rings. The molecule has 1 atom stereocenters. The van der Waals surface area contributed by atoms with Gasteiger partial charge in [0.05, 0.1) is 11.5 Å². The number of carbonyl (C=O) groups excluding carboxylic acids is 1. The van der Waals surface area contributed by atoms with E-state index in [0.29, 0.717) is 19.4 Å². The van der Waals surface area contributed by atoms with Gasteiger partial charge in [0.1, 0.15) is 5.60 Å². The number of nitrogens with zero attached hydrogens (tertiary/aromatic N) is 1. The van der Waals surface area contributed by atoms with Crippen LogP contribution in [0.15, 0.2) is 0 Å². The minimum absolute atomic E-state index is 0.0121. The van der Waals surface area contributed by atoms with Gasteiger partial charge in [0, 0.05) is 6.54 Å². The molecule has 0 radical (unpaired) electrons. The van der Waals surface area contributed by atoms with E-state index in [-0.39, 0.29) is 17.6 Å². The van der Waals surface area contributed by atoms with Gasteiger partial charge in [-0.2, -0.15) is 0 Å². The number of amides is 1. The van der Waals surface area contributed by atoms with E-state index >= 15 is 0 Å². The summed E-state index contributed by atoms with van der Waals surface area (Å²) in [5, 5.41) is 10.0. The molecular formula is C19H33NO4. The van der Waals surface area contributed by atoms with Crippen LogP contribution in [0.2, 0.25) is 0 Å². The van der Waals surface area contributed by atoms with Crippen molar-refractivity contribution < 1.29 is 19.4 Å². The molecule has 0 aromatic heterocycles. The van der Waals surface area contributed by atoms with Crippen molar-refractivity contribution in [2.24, 2.45) is 10.8 Å². The molecule has 1 N–H and O–H groups in total. The van der Waals surface area contributed by atoms with E-state index in [1.165, 1.54) is 0 Å². The molecule has 2 rings (SSSR count). The van der Waals surface area contributed by atoms with Crippen LogP contribution < -0.4 is 0 Å². The van der Waals surface area contributed by atoms with Crippen LogP contribution in [0.1, 0.15) is 79.6 Å². The molecule has 5 nitrogen and oxygen atoms in total. The predicted molar refractivity (Wildman–Crippen MR) is 92.9 cm³/mol. The van der Waals surface area contributed by atoms with E-state index in [2.05, 4.69) is 13.8 Å². The minimum Gasteiger partial charge on any atom is -0.481 e. The van der Waals surface area contributed by atoms with Crippen LogP contribution in [-0.2, 0) is 9.53 Å². The lowest BCUT2D eigenvalue weighted by atomic mass is 9.64. The number of hydrogen-bond acceptors (Lipinski definition) is 3. The summed E-state index contributed by atoms with van der Waals surface area (Å²) in [6.45, 7) is 10.4. The number of rotatable bonds is 2. The first-order valence-corrected chi connectivity index (χ1v) is 9.20. The maximum Gasteiger partial charge on any atom is 0.410 e. The Morgan fingerprint density at radius 1 is 1.08 bits per heavy atom. The average Bonchev–Trinajstić information content (AvgIpc) is 2.45. The zero-order valence-electron chi connectivity index (χ0n) is 15.9. The lowest BCUT2D eigenvalue weighted by Crippen LogP contribution is -2.60. The monoisotopic (exact) mass is 339 g/mol. The van der Waals surface area contributed by atoms with Crippen LogP contribution >= 0.6 is 0 Å². The third-order valence-corrected chi connectivity index (χ3v) is 5.51. The average molecular weight is 339 g/mol. The highest BCUT2D eigenvalue weighted by Gasteiger charge is 2.53. The van der Waals surface area contributed by atoms with Gasteiger partial charge in [-0.3, -0.25) is 4.79 Å². The van der Waals surface area contributed by atoms with Gasteiger partial charge in [-0.25, -0.2) is 4.79 Å². The van der Waals surface area contributed by atoms with Crippen molar-refractivity contribution in [3.63, 3.8) is 0 Å². The molecule has 138 valence electrons. The van der Waals surface area contributed by atoms with Gasteiger partial charge in [0.25, 0.3) is 0 Å². The molecule has 1 unspecified atom stereocenters. The van der Waals surface area contributed by atoms with E-state index < -0.39 is 17.0 Å². The molecule has 1 aliphatic carbocycles. The molecule has 2 aliphatic rings. The Balaban J connectivity index is 2.33. The third kappa shape index (κ3) is 4.04. The topological polar surface area (TPSA) is 66.8 Å². The quantitative estimate of drug-likeness (QED) is 0.807. The van der Waals surface area contributed by atoms with Crippen molar-refractivity contribution in [1.29, 1.82) is 0 Å². The molecule has 1 heterocycles. The van der Waals surface area contributed by atoms with Crippen molar-refractivity contribution in [1.82, 2.24) is 4.90 Å². The molecule has 1 aliphatic heterocycles. The Bertz CT molecular complexity index is 486. The van der Waals surface area contributed by atoms with Crippen molar-refractivity contribution in [2.75, 3.05) is 6.54 Å². The Kier molecular flexibility index (Phi) is 5.22. The van der Waals surface area contributed by atoms with E-state index in [4.69, 9.17) is 4.74 Å². The van der Waals surface area contributed by atoms with Crippen molar-refractivity contribution in [2.45, 2.75) is 91.2 Å². The van der Waals surface area contributed by atoms with Gasteiger partial charge in [-0.15, -0.1) is 0 Å². The predicted octanol–water partition coefficient (Wildman–Crippen LogP) is 4.45. The van der Waals surface area contributed by atoms with E-state index in [9.17, 15) is 14.7 Å². The maximum absolute atomic E-state index is 12.8. The van der Waals surface area contributed by atoms with Crippen LogP contribution in [0.5, 0.6) is 0 Å². The summed E-state index contributed by atoms with van der Waals surface area (Å²) in [4.78, 5) is 26.8. The van der Waals surface area contributed by atoms with E-state index in [1.807, 2.05) is 20.8 Å². The number of carboxylic acid groups (broad SMARTS) is 1. The van der Waals surface area contributed by atoms with Crippen molar-refractivity contribution in [3.8, 4) is 0 Å². The summed E-state index contributed by atoms with van der Waals surface area (Å²) in [7, 11) is 0. The second-order valence-electron chi connectivity index (χ2n) is 9.35. The zero-order valence-corrected chi connectivity index (χ0v) is 15.9. The van der Waals surface area contributed by atoms with Gasteiger partial charge in [-0.05, 0) is 51.9 Å². The first-order valence-electron chi connectivity index (χ1n) is 9.20. The second-order valence-corrected chi connectivity index (χ2v) is 9.35. The summed E-state index contributed by atoms with van der Waals surface area (Å²) in [6, 6.07) is -0.266. The number of piperidine rings is 1. The highest BCUT2D eigenvalue weighted by atomic mass is 16.6. The first kappa shape index (κ1) is 19.1. The zero-order chi connectivity index (χ0) is 18.2. The molecule has 1 amide bonds. The fraction of sp³-hybridized carbons (Fsp3) is 0.895. The molecular weight excluding hydrogens is 306 g/mol. The molecule has 24 heavy (non-hydrogen) atoms. The fourth-order valence-electron chi connectivity index (χ4n) is 4.29. The SMILES string of the molecule is CC1(C)CCC(C2(C(=O)O)CCCCC2)N(C(=O)OC(C)(C)C)C1. The van der Waals surface area contributed by atoms with Crippen LogP contribution in [0.3, 0.4) is 0 Å². The molecule has 1 saturated heterocycles. The van der Waals surface area contributed by atoms with Gasteiger partial charge < -0.3 is 14.7 Å². The number of aliphatic carboxylic acids is 1. The Morgan fingerprint density at radius 3 is 2.17 bits per heavy atom. The van der Waals surface area contributed by atoms with Gasteiger partial charge in [0.2, 0.25) is 0 Å². The lowest BCUT2D eigenvalue weighted by Gasteiger charge is -2.51. The third-order valence-electron chi connectivity index (χ3n) is 5.51. The largest absolute Gasteiger partial charge is 0.481 e. The highest BCUT2D eigenvalue weighted by Crippen LogP contribution is 2.47. The molecule has 1 saturated carbocycles. The number of carbonyl (C=O) groups is 2. The van der Waals surface area contributed by atoms with Gasteiger partial charge in [0.15, 0.2) is 0 Å². The maximum atomic E-state index is 12.8. The Morgan fingerprint density at radius 2 is 1.67 bits per heavy atom. The van der Waals surface area contributed by atoms with E-state index in [0.717, 1.165) is 32.1 Å². The summed E-state index contributed by atoms with van der Waals surface area (Å²) < 4.78 is 5.61. The van der Waals surface area contributed by atoms with Crippen LogP contribution in [0.25, 0.3) is 0 Å². The molecule has 5 heteroatoms. The molecule has 0 spiro atoms. The summed E-state index contributed by atoms with van der Waals surface area (Å²) in [5.41, 5.74) is -1.40. The second kappa shape index (κ2) is 6.57. The van der Waals surface area contributed by atoms with Crippen molar-refractivity contribution >= 4 is 12.1 Å². The van der Waals surface area contributed by atoms with Gasteiger partial charge in [-0.1, -0.05) is 33.1 Å². The molecule has 2 fully saturated rings. The summed E-state index contributed by atoms with van der Waals surface area (Å²) in [5.74, 6) is -0.750. The Labute approximate surface area is 145 Å². The minimum atomic E-state index is -0.814. The van der Waals surface area contributed by atoms with Crippen LogP contribution in [-0.4, -0.2) is 40.3 Å². The normalized spacial score (nSPS) is 26.7. The number of likely N-dealkylation sites (tertiary alicyclic amines) is 1. The summed E-state index contributed by atoms with van der Waals surface area (Å²) in [6.07, 6.45) is 5.55. The van der Waals surface area contributed by atoms with Crippen molar-refractivity contribution in [3.05, 3.63) is 0 Å². The Hall–Kier alpha value is -1.26. The van der Waals surface area contributed by atoms with E-state index in [1.54, 1.807) is 4.90 Å². The fourth-order valence-corrected chi connectivity index (χ4v) is 4.29. The standard InChI is InChI=1S/C19H33NO4/c1-17(2,3)24-16(23)20-13-18(4,5)12-9-14(20)19(15(21)22)10-7-6-8-11-19/h14H,6-13H2,1-5H3,(H,21,22). The number of ether oxygens (including phenoxy) is 1. The highest BCUT2D eigenvalue weighted by molar-refractivity contribution is 5.78. The number of hydrogen-bond donors (Lipinski definition) is 1. The lowest BCUT2D eigenvalue weighted by molar-refractivity contribution is -0.159. The van der Waals surface area contributed by atoms with Crippen LogP contribution in [0, 0.1) is 10.8 Å². The smallest absolute Gasteiger partial charge is 0.410 e. The molecule has 0 bridgehead atoms. The first-order chi connectivity index (χ1) is 11.0.